The Morgan fingerprint density at radius 3 is 2.31 bits per heavy atom. The van der Waals surface area contributed by atoms with Crippen molar-refractivity contribution in [3.05, 3.63) is 48.3 Å². The number of halogens is 1. The summed E-state index contributed by atoms with van der Waals surface area (Å²) in [5.74, 6) is -0.760. The Morgan fingerprint density at radius 2 is 1.62 bits per heavy atom. The highest BCUT2D eigenvalue weighted by molar-refractivity contribution is 5.69. The molecule has 0 radical (unpaired) electrons. The molecule has 0 fully saturated rings. The molecule has 0 bridgehead atoms. The highest BCUT2D eigenvalue weighted by Gasteiger charge is 2.05. The number of hydrogen-bond acceptors (Lipinski definition) is 3. The molecule has 2 rings (SSSR count). The maximum absolute atomic E-state index is 12.7. The van der Waals surface area contributed by atoms with Crippen LogP contribution in [0.25, 0.3) is 0 Å². The average Bonchev–Trinajstić information content (AvgIpc) is 2.28. The van der Waals surface area contributed by atoms with Crippen LogP contribution in [0.4, 0.5) is 15.8 Å². The van der Waals surface area contributed by atoms with Gasteiger partial charge in [-0.15, -0.1) is 0 Å². The summed E-state index contributed by atoms with van der Waals surface area (Å²) in [6.45, 7) is 0. The lowest BCUT2D eigenvalue weighted by Crippen LogP contribution is -1.90. The number of phenolic OH excluding ortho intramolecular Hbond substituents is 2. The summed E-state index contributed by atoms with van der Waals surface area (Å²) in [6, 6.07) is 10.3. The van der Waals surface area contributed by atoms with Crippen LogP contribution < -0.4 is 5.32 Å². The molecule has 0 spiro atoms. The van der Waals surface area contributed by atoms with Crippen LogP contribution in [0.3, 0.4) is 0 Å². The molecule has 3 nitrogen and oxygen atoms in total. The third-order valence-electron chi connectivity index (χ3n) is 2.14. The zero-order valence-electron chi connectivity index (χ0n) is 8.31. The second-order valence-electron chi connectivity index (χ2n) is 3.31. The number of hydrogen-bond donors (Lipinski definition) is 3. The lowest BCUT2D eigenvalue weighted by atomic mass is 10.2. The van der Waals surface area contributed by atoms with Gasteiger partial charge >= 0.3 is 0 Å². The summed E-state index contributed by atoms with van der Waals surface area (Å²) >= 11 is 0. The number of rotatable bonds is 2. The molecule has 2 aromatic rings. The maximum atomic E-state index is 12.7. The zero-order chi connectivity index (χ0) is 11.5. The van der Waals surface area contributed by atoms with Crippen LogP contribution in [-0.4, -0.2) is 10.2 Å². The van der Waals surface area contributed by atoms with Gasteiger partial charge in [-0.2, -0.15) is 0 Å². The normalized spacial score (nSPS) is 10.1. The van der Waals surface area contributed by atoms with Gasteiger partial charge in [0.25, 0.3) is 0 Å². The van der Waals surface area contributed by atoms with Gasteiger partial charge in [-0.05, 0) is 36.4 Å². The predicted octanol–water partition coefficient (Wildman–Crippen LogP) is 2.98. The second kappa shape index (κ2) is 4.10. The van der Waals surface area contributed by atoms with Crippen LogP contribution in [-0.2, 0) is 0 Å². The molecule has 2 aromatic carbocycles. The lowest BCUT2D eigenvalue weighted by molar-refractivity contribution is 0.405. The van der Waals surface area contributed by atoms with E-state index in [1.54, 1.807) is 24.3 Å². The van der Waals surface area contributed by atoms with E-state index in [-0.39, 0.29) is 17.3 Å². The van der Waals surface area contributed by atoms with Gasteiger partial charge in [0.1, 0.15) is 5.82 Å². The van der Waals surface area contributed by atoms with Crippen molar-refractivity contribution in [2.24, 2.45) is 0 Å². The largest absolute Gasteiger partial charge is 0.504 e. The van der Waals surface area contributed by atoms with Crippen LogP contribution in [0.1, 0.15) is 0 Å². The van der Waals surface area contributed by atoms with Crippen molar-refractivity contribution < 1.29 is 14.6 Å². The van der Waals surface area contributed by atoms with E-state index in [1.165, 1.54) is 18.2 Å². The van der Waals surface area contributed by atoms with Crippen molar-refractivity contribution in [2.45, 2.75) is 0 Å². The summed E-state index contributed by atoms with van der Waals surface area (Å²) in [5, 5.41) is 21.7. The first-order valence-corrected chi connectivity index (χ1v) is 4.70. The third kappa shape index (κ3) is 2.06. The van der Waals surface area contributed by atoms with Crippen molar-refractivity contribution in [1.29, 1.82) is 0 Å². The van der Waals surface area contributed by atoms with Crippen LogP contribution in [0, 0.1) is 5.82 Å². The highest BCUT2D eigenvalue weighted by Crippen LogP contribution is 2.34. The van der Waals surface area contributed by atoms with Crippen LogP contribution in [0.5, 0.6) is 11.5 Å². The van der Waals surface area contributed by atoms with Crippen molar-refractivity contribution in [2.75, 3.05) is 5.32 Å². The van der Waals surface area contributed by atoms with Crippen molar-refractivity contribution >= 4 is 11.4 Å². The Bertz CT molecular complexity index is 497. The summed E-state index contributed by atoms with van der Waals surface area (Å²) in [7, 11) is 0. The number of nitrogens with one attached hydrogen (secondary N) is 1. The molecule has 82 valence electrons. The topological polar surface area (TPSA) is 52.5 Å². The number of benzene rings is 2. The minimum atomic E-state index is -0.328. The third-order valence-corrected chi connectivity index (χ3v) is 2.14. The molecular formula is C12H10FNO2. The molecule has 0 unspecified atom stereocenters. The van der Waals surface area contributed by atoms with E-state index in [4.69, 9.17) is 0 Å². The average molecular weight is 219 g/mol. The molecule has 0 aliphatic heterocycles. The Morgan fingerprint density at radius 1 is 0.938 bits per heavy atom. The first-order chi connectivity index (χ1) is 7.66. The summed E-state index contributed by atoms with van der Waals surface area (Å²) < 4.78 is 12.7. The zero-order valence-corrected chi connectivity index (χ0v) is 8.31. The summed E-state index contributed by atoms with van der Waals surface area (Å²) in [4.78, 5) is 0. The second-order valence-corrected chi connectivity index (χ2v) is 3.31. The van der Waals surface area contributed by atoms with Crippen molar-refractivity contribution in [1.82, 2.24) is 0 Å². The minimum absolute atomic E-state index is 0.202. The summed E-state index contributed by atoms with van der Waals surface area (Å²) in [5.41, 5.74) is 0.994. The molecule has 0 amide bonds. The monoisotopic (exact) mass is 219 g/mol. The lowest BCUT2D eigenvalue weighted by Gasteiger charge is -2.08. The number of anilines is 2. The molecule has 0 atom stereocenters. The Hall–Kier alpha value is -2.23. The Kier molecular flexibility index (Phi) is 2.64. The first-order valence-electron chi connectivity index (χ1n) is 4.70. The van der Waals surface area contributed by atoms with E-state index in [2.05, 4.69) is 5.32 Å². The van der Waals surface area contributed by atoms with Crippen molar-refractivity contribution in [3.63, 3.8) is 0 Å². The molecule has 0 aromatic heterocycles. The van der Waals surface area contributed by atoms with Crippen molar-refractivity contribution in [3.8, 4) is 11.5 Å². The summed E-state index contributed by atoms with van der Waals surface area (Å²) in [6.07, 6.45) is 0. The Balaban J connectivity index is 2.27. The van der Waals surface area contributed by atoms with Gasteiger partial charge in [0, 0.05) is 5.69 Å². The maximum Gasteiger partial charge on any atom is 0.181 e. The van der Waals surface area contributed by atoms with E-state index >= 15 is 0 Å². The number of phenols is 2. The van der Waals surface area contributed by atoms with Gasteiger partial charge in [0.15, 0.2) is 11.5 Å². The standard InChI is InChI=1S/C12H10FNO2/c13-8-4-6-9(7-5-8)14-10-2-1-3-11(15)12(10)16/h1-7,14-16H. The predicted molar refractivity (Wildman–Crippen MR) is 59.5 cm³/mol. The van der Waals surface area contributed by atoms with E-state index in [9.17, 15) is 14.6 Å². The fraction of sp³-hybridized carbons (Fsp3) is 0. The van der Waals surface area contributed by atoms with Gasteiger partial charge in [-0.25, -0.2) is 4.39 Å². The van der Waals surface area contributed by atoms with Crippen LogP contribution in [0.2, 0.25) is 0 Å². The molecule has 0 aliphatic carbocycles. The highest BCUT2D eigenvalue weighted by atomic mass is 19.1. The van der Waals surface area contributed by atoms with E-state index < -0.39 is 0 Å². The van der Waals surface area contributed by atoms with E-state index in [0.717, 1.165) is 0 Å². The van der Waals surface area contributed by atoms with Gasteiger partial charge in [-0.3, -0.25) is 0 Å². The molecule has 0 heterocycles. The SMILES string of the molecule is Oc1cccc(Nc2ccc(F)cc2)c1O. The number of aromatic hydroxyl groups is 2. The van der Waals surface area contributed by atoms with E-state index in [0.29, 0.717) is 11.4 Å². The first kappa shape index (κ1) is 10.3. The molecule has 4 heteroatoms. The molecule has 0 saturated carbocycles. The van der Waals surface area contributed by atoms with Gasteiger partial charge in [0.2, 0.25) is 0 Å². The number of para-hydroxylation sites is 1. The minimum Gasteiger partial charge on any atom is -0.504 e. The molecule has 0 saturated heterocycles. The fourth-order valence-electron chi connectivity index (χ4n) is 1.32. The van der Waals surface area contributed by atoms with Crippen LogP contribution >= 0.6 is 0 Å². The smallest absolute Gasteiger partial charge is 0.181 e. The van der Waals surface area contributed by atoms with Gasteiger partial charge in [0.05, 0.1) is 5.69 Å². The Labute approximate surface area is 91.8 Å². The van der Waals surface area contributed by atoms with E-state index in [1.807, 2.05) is 0 Å². The molecule has 3 N–H and O–H groups in total. The van der Waals surface area contributed by atoms with Crippen LogP contribution in [0.15, 0.2) is 42.5 Å². The van der Waals surface area contributed by atoms with Gasteiger partial charge < -0.3 is 15.5 Å². The fourth-order valence-corrected chi connectivity index (χ4v) is 1.32. The van der Waals surface area contributed by atoms with Gasteiger partial charge in [-0.1, -0.05) is 6.07 Å². The molecular weight excluding hydrogens is 209 g/mol. The molecule has 0 aliphatic rings. The quantitative estimate of drug-likeness (QED) is 0.680. The molecule has 16 heavy (non-hydrogen) atoms.